The van der Waals surface area contributed by atoms with Gasteiger partial charge in [-0.3, -0.25) is 0 Å². The second kappa shape index (κ2) is 9.15. The number of imidazole rings is 2. The monoisotopic (exact) mass is 412 g/mol. The summed E-state index contributed by atoms with van der Waals surface area (Å²) in [6.45, 7) is 0. The molecule has 6 nitrogen and oxygen atoms in total. The topological polar surface area (TPSA) is 76.1 Å². The second-order valence-electron chi connectivity index (χ2n) is 5.76. The molecule has 0 aliphatic carbocycles. The molecule has 0 bridgehead atoms. The summed E-state index contributed by atoms with van der Waals surface area (Å²) in [6.07, 6.45) is 7.12. The second-order valence-corrected chi connectivity index (χ2v) is 5.76. The standard InChI is InChI=1S/2C10H10N2O.Zn/c2*1-12-7-6-11-10(12)8-4-2-3-5-9(8)13;/h2*2-7,13H,1H3;. The molecule has 2 aromatic heterocycles. The minimum Gasteiger partial charge on any atom is -0.507 e. The van der Waals surface area contributed by atoms with Crippen molar-refractivity contribution in [2.24, 2.45) is 14.1 Å². The minimum absolute atomic E-state index is 0. The van der Waals surface area contributed by atoms with E-state index < -0.39 is 0 Å². The van der Waals surface area contributed by atoms with Crippen LogP contribution in [0.2, 0.25) is 0 Å². The van der Waals surface area contributed by atoms with Gasteiger partial charge >= 0.3 is 0 Å². The van der Waals surface area contributed by atoms with Gasteiger partial charge in [-0.15, -0.1) is 0 Å². The van der Waals surface area contributed by atoms with Crippen LogP contribution in [-0.2, 0) is 33.6 Å². The number of hydrogen-bond donors (Lipinski definition) is 2. The minimum atomic E-state index is 0. The van der Waals surface area contributed by atoms with Crippen LogP contribution in [0, 0.1) is 0 Å². The van der Waals surface area contributed by atoms with Crippen LogP contribution in [0.5, 0.6) is 11.5 Å². The van der Waals surface area contributed by atoms with Gasteiger partial charge in [0.1, 0.15) is 23.1 Å². The van der Waals surface area contributed by atoms with Crippen LogP contribution in [0.25, 0.3) is 22.8 Å². The van der Waals surface area contributed by atoms with Gasteiger partial charge in [-0.1, -0.05) is 24.3 Å². The average Bonchev–Trinajstić information content (AvgIpc) is 3.25. The third kappa shape index (κ3) is 4.63. The number of phenols is 2. The van der Waals surface area contributed by atoms with Gasteiger partial charge in [0.15, 0.2) is 0 Å². The molecule has 2 N–H and O–H groups in total. The van der Waals surface area contributed by atoms with Gasteiger partial charge in [0, 0.05) is 58.4 Å². The first-order valence-electron chi connectivity index (χ1n) is 8.09. The zero-order valence-corrected chi connectivity index (χ0v) is 18.3. The number of hydrogen-bond acceptors (Lipinski definition) is 4. The van der Waals surface area contributed by atoms with Crippen LogP contribution < -0.4 is 0 Å². The Kier molecular flexibility index (Phi) is 6.91. The Labute approximate surface area is 170 Å². The molecule has 0 unspecified atom stereocenters. The first-order chi connectivity index (χ1) is 12.6. The van der Waals surface area contributed by atoms with Gasteiger partial charge in [-0.05, 0) is 24.3 Å². The van der Waals surface area contributed by atoms with Crippen LogP contribution >= 0.6 is 0 Å². The van der Waals surface area contributed by atoms with E-state index in [1.54, 1.807) is 36.7 Å². The Balaban J connectivity index is 0.000000187. The molecule has 0 radical (unpaired) electrons. The van der Waals surface area contributed by atoms with E-state index in [2.05, 4.69) is 9.97 Å². The van der Waals surface area contributed by atoms with E-state index in [-0.39, 0.29) is 31.0 Å². The van der Waals surface area contributed by atoms with Crippen molar-refractivity contribution in [2.75, 3.05) is 0 Å². The summed E-state index contributed by atoms with van der Waals surface area (Å²) < 4.78 is 3.74. The quantitative estimate of drug-likeness (QED) is 0.492. The van der Waals surface area contributed by atoms with E-state index in [4.69, 9.17) is 0 Å². The molecule has 134 valence electrons. The van der Waals surface area contributed by atoms with Gasteiger partial charge in [-0.2, -0.15) is 0 Å². The Morgan fingerprint density at radius 1 is 0.667 bits per heavy atom. The van der Waals surface area contributed by atoms with Crippen molar-refractivity contribution in [3.63, 3.8) is 0 Å². The Bertz CT molecular complexity index is 929. The van der Waals surface area contributed by atoms with Crippen molar-refractivity contribution < 1.29 is 29.7 Å². The molecule has 4 rings (SSSR count). The number of aromatic nitrogens is 4. The molecule has 2 heterocycles. The fraction of sp³-hybridized carbons (Fsp3) is 0.100. The van der Waals surface area contributed by atoms with Crippen molar-refractivity contribution in [1.29, 1.82) is 0 Å². The van der Waals surface area contributed by atoms with Crippen molar-refractivity contribution >= 4 is 0 Å². The zero-order chi connectivity index (χ0) is 18.5. The summed E-state index contributed by atoms with van der Waals surface area (Å²) in [5.74, 6) is 2.07. The van der Waals surface area contributed by atoms with Crippen molar-refractivity contribution in [2.45, 2.75) is 0 Å². The molecule has 0 atom stereocenters. The van der Waals surface area contributed by atoms with Crippen LogP contribution in [0.15, 0.2) is 73.3 Å². The van der Waals surface area contributed by atoms with Crippen molar-refractivity contribution in [3.05, 3.63) is 73.3 Å². The van der Waals surface area contributed by atoms with Gasteiger partial charge in [0.2, 0.25) is 0 Å². The molecule has 0 saturated carbocycles. The third-order valence-corrected chi connectivity index (χ3v) is 3.93. The molecular formula is C20H20N4O2Zn. The van der Waals surface area contributed by atoms with Gasteiger partial charge < -0.3 is 19.3 Å². The predicted octanol–water partition coefficient (Wildman–Crippen LogP) is 3.58. The molecule has 0 spiro atoms. The normalized spacial score (nSPS) is 9.85. The number of aromatic hydroxyl groups is 2. The Morgan fingerprint density at radius 2 is 1.04 bits per heavy atom. The van der Waals surface area contributed by atoms with Gasteiger partial charge in [0.25, 0.3) is 0 Å². The molecule has 0 aliphatic rings. The number of benzene rings is 2. The van der Waals surface area contributed by atoms with E-state index in [0.717, 1.165) is 22.8 Å². The molecular weight excluding hydrogens is 394 g/mol. The van der Waals surface area contributed by atoms with Crippen LogP contribution in [0.1, 0.15) is 0 Å². The summed E-state index contributed by atoms with van der Waals surface area (Å²) in [5.41, 5.74) is 1.52. The maximum atomic E-state index is 9.55. The number of nitrogens with zero attached hydrogens (tertiary/aromatic N) is 4. The smallest absolute Gasteiger partial charge is 0.143 e. The third-order valence-electron chi connectivity index (χ3n) is 3.93. The summed E-state index contributed by atoms with van der Waals surface area (Å²) in [5, 5.41) is 19.1. The first-order valence-corrected chi connectivity index (χ1v) is 8.09. The molecule has 0 fully saturated rings. The summed E-state index contributed by atoms with van der Waals surface area (Å²) >= 11 is 0. The van der Waals surface area contributed by atoms with E-state index in [1.165, 1.54) is 0 Å². The molecule has 0 saturated heterocycles. The van der Waals surface area contributed by atoms with Crippen molar-refractivity contribution in [1.82, 2.24) is 19.1 Å². The summed E-state index contributed by atoms with van der Waals surface area (Å²) in [7, 11) is 3.80. The largest absolute Gasteiger partial charge is 0.507 e. The average molecular weight is 414 g/mol. The van der Waals surface area contributed by atoms with E-state index >= 15 is 0 Å². The Hall–Kier alpha value is -2.92. The fourth-order valence-corrected chi connectivity index (χ4v) is 2.58. The number of aryl methyl sites for hydroxylation is 2. The van der Waals surface area contributed by atoms with Gasteiger partial charge in [-0.25, -0.2) is 9.97 Å². The molecule has 4 aromatic rings. The molecule has 0 amide bonds. The van der Waals surface area contributed by atoms with E-state index in [9.17, 15) is 10.2 Å². The van der Waals surface area contributed by atoms with Crippen molar-refractivity contribution in [3.8, 4) is 34.3 Å². The fourth-order valence-electron chi connectivity index (χ4n) is 2.58. The Morgan fingerprint density at radius 3 is 1.33 bits per heavy atom. The molecule has 27 heavy (non-hydrogen) atoms. The SMILES string of the molecule is Cn1ccnc1-c1ccccc1O.Cn1ccnc1-c1ccccc1O.[Zn]. The van der Waals surface area contributed by atoms with E-state index in [0.29, 0.717) is 0 Å². The molecule has 0 aliphatic heterocycles. The number of rotatable bonds is 2. The number of phenolic OH excluding ortho intramolecular Hbond substituents is 2. The maximum absolute atomic E-state index is 9.55. The summed E-state index contributed by atoms with van der Waals surface area (Å²) in [4.78, 5) is 8.30. The first kappa shape index (κ1) is 20.4. The predicted molar refractivity (Wildman–Crippen MR) is 101 cm³/mol. The van der Waals surface area contributed by atoms with Crippen LogP contribution in [0.4, 0.5) is 0 Å². The number of para-hydroxylation sites is 2. The zero-order valence-electron chi connectivity index (χ0n) is 15.3. The van der Waals surface area contributed by atoms with E-state index in [1.807, 2.05) is 59.9 Å². The molecule has 2 aromatic carbocycles. The summed E-state index contributed by atoms with van der Waals surface area (Å²) in [6, 6.07) is 14.3. The molecule has 7 heteroatoms. The maximum Gasteiger partial charge on any atom is 0.143 e. The van der Waals surface area contributed by atoms with Crippen LogP contribution in [-0.4, -0.2) is 29.3 Å². The van der Waals surface area contributed by atoms with Gasteiger partial charge in [0.05, 0.1) is 11.1 Å². The van der Waals surface area contributed by atoms with Crippen LogP contribution in [0.3, 0.4) is 0 Å².